The number of halogens is 2. The molecule has 2 aromatic rings. The van der Waals surface area contributed by atoms with Crippen LogP contribution in [0.4, 0.5) is 4.39 Å². The molecule has 26 heavy (non-hydrogen) atoms. The number of rotatable bonds is 6. The van der Waals surface area contributed by atoms with Crippen LogP contribution in [0.5, 0.6) is 0 Å². The van der Waals surface area contributed by atoms with E-state index in [2.05, 4.69) is 15.0 Å². The minimum atomic E-state index is -0.331. The number of carbonyl (C=O) groups excluding carboxylic acids is 1. The first-order chi connectivity index (χ1) is 12.5. The minimum Gasteiger partial charge on any atom is -0.340 e. The largest absolute Gasteiger partial charge is 0.340 e. The van der Waals surface area contributed by atoms with Gasteiger partial charge in [-0.2, -0.15) is 4.98 Å². The highest BCUT2D eigenvalue weighted by Crippen LogP contribution is 2.20. The topological polar surface area (TPSA) is 62.5 Å². The lowest BCUT2D eigenvalue weighted by Crippen LogP contribution is -2.48. The van der Waals surface area contributed by atoms with Crippen molar-refractivity contribution in [1.29, 1.82) is 0 Å². The zero-order chi connectivity index (χ0) is 18.5. The van der Waals surface area contributed by atoms with Gasteiger partial charge in [0.1, 0.15) is 5.82 Å². The highest BCUT2D eigenvalue weighted by Gasteiger charge is 2.21. The fourth-order valence-electron chi connectivity index (χ4n) is 2.77. The molecule has 6 nitrogen and oxygen atoms in total. The Hall–Kier alpha value is -1.64. The van der Waals surface area contributed by atoms with E-state index in [0.29, 0.717) is 47.9 Å². The fourth-order valence-corrected chi connectivity index (χ4v) is 3.75. The van der Waals surface area contributed by atoms with Crippen LogP contribution in [0.2, 0.25) is 5.02 Å². The number of amides is 1. The van der Waals surface area contributed by atoms with Crippen LogP contribution in [0.15, 0.2) is 22.7 Å². The standard InChI is InChI=1S/C17H20ClFN4O2S/c1-12-20-16(21-25-12)10-26-11-17(24)23-6-4-22(5-7-23)9-13-2-3-14(19)8-15(13)18/h2-3,8H,4-7,9-11H2,1H3. The van der Waals surface area contributed by atoms with E-state index in [4.69, 9.17) is 16.1 Å². The van der Waals surface area contributed by atoms with E-state index in [9.17, 15) is 9.18 Å². The molecule has 1 aromatic carbocycles. The average molecular weight is 399 g/mol. The summed E-state index contributed by atoms with van der Waals surface area (Å²) in [5.74, 6) is 1.90. The number of nitrogens with zero attached hydrogens (tertiary/aromatic N) is 4. The fraction of sp³-hybridized carbons (Fsp3) is 0.471. The quantitative estimate of drug-likeness (QED) is 0.745. The molecular weight excluding hydrogens is 379 g/mol. The van der Waals surface area contributed by atoms with Crippen LogP contribution in [0.3, 0.4) is 0 Å². The third kappa shape index (κ3) is 5.18. The van der Waals surface area contributed by atoms with Gasteiger partial charge in [0.2, 0.25) is 11.8 Å². The molecule has 1 aliphatic rings. The van der Waals surface area contributed by atoms with Gasteiger partial charge < -0.3 is 9.42 Å². The summed E-state index contributed by atoms with van der Waals surface area (Å²) in [6.07, 6.45) is 0. The van der Waals surface area contributed by atoms with Crippen molar-refractivity contribution in [3.8, 4) is 0 Å². The van der Waals surface area contributed by atoms with E-state index < -0.39 is 0 Å². The molecule has 0 unspecified atom stereocenters. The van der Waals surface area contributed by atoms with E-state index in [1.54, 1.807) is 13.0 Å². The van der Waals surface area contributed by atoms with Crippen molar-refractivity contribution in [1.82, 2.24) is 19.9 Å². The molecule has 0 bridgehead atoms. The normalized spacial score (nSPS) is 15.4. The van der Waals surface area contributed by atoms with E-state index in [1.165, 1.54) is 23.9 Å². The molecule has 0 spiro atoms. The van der Waals surface area contributed by atoms with E-state index in [0.717, 1.165) is 18.7 Å². The number of benzene rings is 1. The summed E-state index contributed by atoms with van der Waals surface area (Å²) >= 11 is 7.57. The average Bonchev–Trinajstić information content (AvgIpc) is 3.03. The Morgan fingerprint density at radius 3 is 2.77 bits per heavy atom. The van der Waals surface area contributed by atoms with Crippen LogP contribution in [0.25, 0.3) is 0 Å². The van der Waals surface area contributed by atoms with Crippen molar-refractivity contribution in [3.05, 3.63) is 46.3 Å². The smallest absolute Gasteiger partial charge is 0.232 e. The van der Waals surface area contributed by atoms with E-state index in [1.807, 2.05) is 4.90 Å². The highest BCUT2D eigenvalue weighted by molar-refractivity contribution is 7.99. The predicted octanol–water partition coefficient (Wildman–Crippen LogP) is 2.75. The minimum absolute atomic E-state index is 0.120. The van der Waals surface area contributed by atoms with Crippen molar-refractivity contribution in [3.63, 3.8) is 0 Å². The molecule has 140 valence electrons. The van der Waals surface area contributed by atoms with Crippen LogP contribution in [-0.4, -0.2) is 57.8 Å². The second-order valence-corrected chi connectivity index (χ2v) is 7.51. The van der Waals surface area contributed by atoms with Gasteiger partial charge in [-0.05, 0) is 17.7 Å². The first-order valence-electron chi connectivity index (χ1n) is 8.32. The van der Waals surface area contributed by atoms with Crippen LogP contribution in [-0.2, 0) is 17.1 Å². The molecule has 1 aromatic heterocycles. The maximum atomic E-state index is 13.1. The van der Waals surface area contributed by atoms with Crippen molar-refractivity contribution in [2.24, 2.45) is 0 Å². The number of thioether (sulfide) groups is 1. The molecule has 0 saturated carbocycles. The predicted molar refractivity (Wildman–Crippen MR) is 98.5 cm³/mol. The first-order valence-corrected chi connectivity index (χ1v) is 9.85. The Kier molecular flexibility index (Phi) is 6.50. The lowest BCUT2D eigenvalue weighted by Gasteiger charge is -2.34. The summed E-state index contributed by atoms with van der Waals surface area (Å²) < 4.78 is 18.0. The SMILES string of the molecule is Cc1nc(CSCC(=O)N2CCN(Cc3ccc(F)cc3Cl)CC2)no1. The third-order valence-corrected chi connectivity index (χ3v) is 5.43. The van der Waals surface area contributed by atoms with E-state index in [-0.39, 0.29) is 11.7 Å². The molecule has 1 saturated heterocycles. The molecule has 1 fully saturated rings. The van der Waals surface area contributed by atoms with Gasteiger partial charge in [0.25, 0.3) is 0 Å². The van der Waals surface area contributed by atoms with Gasteiger partial charge >= 0.3 is 0 Å². The molecule has 0 radical (unpaired) electrons. The van der Waals surface area contributed by atoms with Crippen molar-refractivity contribution in [2.75, 3.05) is 31.9 Å². The molecule has 1 aliphatic heterocycles. The number of hydrogen-bond donors (Lipinski definition) is 0. The number of hydrogen-bond acceptors (Lipinski definition) is 6. The van der Waals surface area contributed by atoms with Crippen molar-refractivity contribution < 1.29 is 13.7 Å². The Morgan fingerprint density at radius 2 is 2.12 bits per heavy atom. The van der Waals surface area contributed by atoms with Gasteiger partial charge in [0.05, 0.1) is 11.5 Å². The number of aromatic nitrogens is 2. The molecule has 9 heteroatoms. The summed E-state index contributed by atoms with van der Waals surface area (Å²) in [7, 11) is 0. The maximum Gasteiger partial charge on any atom is 0.232 e. The molecule has 0 aliphatic carbocycles. The van der Waals surface area contributed by atoms with Gasteiger partial charge in [0, 0.05) is 44.7 Å². The van der Waals surface area contributed by atoms with Crippen LogP contribution in [0, 0.1) is 12.7 Å². The van der Waals surface area contributed by atoms with Crippen LogP contribution >= 0.6 is 23.4 Å². The summed E-state index contributed by atoms with van der Waals surface area (Å²) in [5, 5.41) is 4.26. The summed E-state index contributed by atoms with van der Waals surface area (Å²) in [6, 6.07) is 4.47. The zero-order valence-electron chi connectivity index (χ0n) is 14.5. The monoisotopic (exact) mass is 398 g/mol. The molecule has 0 atom stereocenters. The Balaban J connectivity index is 1.40. The highest BCUT2D eigenvalue weighted by atomic mass is 35.5. The van der Waals surface area contributed by atoms with Crippen molar-refractivity contribution >= 4 is 29.3 Å². The van der Waals surface area contributed by atoms with Gasteiger partial charge in [-0.15, -0.1) is 11.8 Å². The number of piperazine rings is 1. The van der Waals surface area contributed by atoms with E-state index >= 15 is 0 Å². The van der Waals surface area contributed by atoms with Gasteiger partial charge in [-0.1, -0.05) is 22.8 Å². The molecule has 3 rings (SSSR count). The second kappa shape index (κ2) is 8.83. The van der Waals surface area contributed by atoms with Crippen LogP contribution in [0.1, 0.15) is 17.3 Å². The zero-order valence-corrected chi connectivity index (χ0v) is 16.0. The Labute approximate surface area is 160 Å². The van der Waals surface area contributed by atoms with Crippen molar-refractivity contribution in [2.45, 2.75) is 19.2 Å². The summed E-state index contributed by atoms with van der Waals surface area (Å²) in [6.45, 7) is 5.30. The Morgan fingerprint density at radius 1 is 1.35 bits per heavy atom. The van der Waals surface area contributed by atoms with Crippen LogP contribution < -0.4 is 0 Å². The molecule has 0 N–H and O–H groups in total. The number of aryl methyl sites for hydroxylation is 1. The second-order valence-electron chi connectivity index (χ2n) is 6.12. The summed E-state index contributed by atoms with van der Waals surface area (Å²) in [4.78, 5) is 20.5. The number of carbonyl (C=O) groups is 1. The first kappa shape index (κ1) is 19.1. The maximum absolute atomic E-state index is 13.1. The van der Waals surface area contributed by atoms with Gasteiger partial charge in [-0.3, -0.25) is 9.69 Å². The molecular formula is C17H20ClFN4O2S. The lowest BCUT2D eigenvalue weighted by molar-refractivity contribution is -0.130. The molecule has 1 amide bonds. The summed E-state index contributed by atoms with van der Waals surface area (Å²) in [5.41, 5.74) is 0.902. The van der Waals surface area contributed by atoms with Gasteiger partial charge in [0.15, 0.2) is 5.82 Å². The van der Waals surface area contributed by atoms with Gasteiger partial charge in [-0.25, -0.2) is 4.39 Å². The lowest BCUT2D eigenvalue weighted by atomic mass is 10.2. The molecule has 2 heterocycles. The Bertz CT molecular complexity index is 765. The third-order valence-electron chi connectivity index (χ3n) is 4.16.